The first kappa shape index (κ1) is 19.1. The fourth-order valence-corrected chi connectivity index (χ4v) is 5.22. The zero-order valence-corrected chi connectivity index (χ0v) is 16.8. The molecule has 0 bridgehead atoms. The number of fused-ring (bicyclic) bond motifs is 4. The number of benzene rings is 2. The van der Waals surface area contributed by atoms with Crippen molar-refractivity contribution in [2.75, 3.05) is 11.9 Å². The lowest BCUT2D eigenvalue weighted by Gasteiger charge is -2.15. The molecular weight excluding hydrogens is 422 g/mol. The van der Waals surface area contributed by atoms with Gasteiger partial charge in [-0.3, -0.25) is 9.59 Å². The van der Waals surface area contributed by atoms with Gasteiger partial charge in [0.1, 0.15) is 18.0 Å². The predicted octanol–water partition coefficient (Wildman–Crippen LogP) is 1.93. The van der Waals surface area contributed by atoms with E-state index in [2.05, 4.69) is 5.32 Å². The average Bonchev–Trinajstić information content (AvgIpc) is 3.26. The van der Waals surface area contributed by atoms with Crippen LogP contribution in [0.5, 0.6) is 0 Å². The van der Waals surface area contributed by atoms with E-state index in [0.717, 1.165) is 5.69 Å². The Balaban J connectivity index is 1.39. The van der Waals surface area contributed by atoms with E-state index in [9.17, 15) is 22.8 Å². The van der Waals surface area contributed by atoms with Crippen LogP contribution in [0.25, 0.3) is 5.69 Å². The van der Waals surface area contributed by atoms with Gasteiger partial charge >= 0.3 is 5.97 Å². The minimum absolute atomic E-state index is 0.0330. The minimum Gasteiger partial charge on any atom is -0.456 e. The Hall–Kier alpha value is -3.92. The first-order valence-electron chi connectivity index (χ1n) is 9.30. The minimum atomic E-state index is -4.09. The lowest BCUT2D eigenvalue weighted by molar-refractivity contribution is -0.116. The predicted molar refractivity (Wildman–Crippen MR) is 108 cm³/mol. The van der Waals surface area contributed by atoms with Gasteiger partial charge in [0.25, 0.3) is 15.9 Å². The maximum absolute atomic E-state index is 12.6. The molecule has 0 unspecified atom stereocenters. The molecule has 2 aliphatic rings. The number of esters is 1. The number of nitrogens with zero attached hydrogens (tertiary/aromatic N) is 2. The topological polar surface area (TPSA) is 115 Å². The molecule has 3 heterocycles. The second kappa shape index (κ2) is 6.81. The molecule has 0 fully saturated rings. The number of carbonyl (C=O) groups is 3. The van der Waals surface area contributed by atoms with Gasteiger partial charge < -0.3 is 14.6 Å². The average molecular weight is 437 g/mol. The van der Waals surface area contributed by atoms with Crippen molar-refractivity contribution in [2.24, 2.45) is 0 Å². The summed E-state index contributed by atoms with van der Waals surface area (Å²) in [7, 11) is -4.09. The molecule has 9 nitrogen and oxygen atoms in total. The second-order valence-corrected chi connectivity index (χ2v) is 8.87. The van der Waals surface area contributed by atoms with Crippen molar-refractivity contribution in [1.29, 1.82) is 0 Å². The van der Waals surface area contributed by atoms with E-state index in [1.807, 2.05) is 16.7 Å². The monoisotopic (exact) mass is 437 g/mol. The Morgan fingerprint density at radius 1 is 1.03 bits per heavy atom. The first-order valence-corrected chi connectivity index (χ1v) is 10.7. The molecule has 5 rings (SSSR count). The van der Waals surface area contributed by atoms with E-state index in [4.69, 9.17) is 4.74 Å². The third-order valence-corrected chi connectivity index (χ3v) is 6.93. The quantitative estimate of drug-likeness (QED) is 0.626. The van der Waals surface area contributed by atoms with Crippen LogP contribution in [-0.4, -0.2) is 41.6 Å². The van der Waals surface area contributed by atoms with Crippen molar-refractivity contribution >= 4 is 33.5 Å². The number of carbonyl (C=O) groups excluding carboxylic acids is 3. The third kappa shape index (κ3) is 2.99. The van der Waals surface area contributed by atoms with Crippen LogP contribution in [-0.2, 0) is 26.2 Å². The Kier molecular flexibility index (Phi) is 4.19. The van der Waals surface area contributed by atoms with Gasteiger partial charge in [0, 0.05) is 11.9 Å². The van der Waals surface area contributed by atoms with E-state index < -0.39 is 34.4 Å². The van der Waals surface area contributed by atoms with E-state index in [0.29, 0.717) is 9.99 Å². The van der Waals surface area contributed by atoms with Crippen molar-refractivity contribution in [3.05, 3.63) is 77.6 Å². The standard InChI is InChI=1S/C21H15N3O6S/c25-19(11-24-20(26)15-5-1-2-6-18(15)31(24,28)29)22-13-7-8-17-16(10-13)21(27)30-12-14-4-3-9-23(14)17/h1-10H,11-12H2,(H,22,25). The van der Waals surface area contributed by atoms with Crippen molar-refractivity contribution in [1.82, 2.24) is 8.87 Å². The highest BCUT2D eigenvalue weighted by Gasteiger charge is 2.41. The number of hydrogen-bond acceptors (Lipinski definition) is 6. The summed E-state index contributed by atoms with van der Waals surface area (Å²) in [5, 5.41) is 2.55. The Labute approximate surface area is 176 Å². The zero-order chi connectivity index (χ0) is 21.8. The summed E-state index contributed by atoms with van der Waals surface area (Å²) >= 11 is 0. The van der Waals surface area contributed by atoms with Crippen molar-refractivity contribution in [2.45, 2.75) is 11.5 Å². The molecule has 0 saturated heterocycles. The Morgan fingerprint density at radius 2 is 1.84 bits per heavy atom. The van der Waals surface area contributed by atoms with Crippen LogP contribution in [0.2, 0.25) is 0 Å². The Morgan fingerprint density at radius 3 is 2.65 bits per heavy atom. The largest absolute Gasteiger partial charge is 0.456 e. The van der Waals surface area contributed by atoms with Crippen molar-refractivity contribution in [3.8, 4) is 5.69 Å². The zero-order valence-electron chi connectivity index (χ0n) is 15.9. The number of aromatic nitrogens is 1. The van der Waals surface area contributed by atoms with Gasteiger partial charge in [0.05, 0.1) is 22.5 Å². The summed E-state index contributed by atoms with van der Waals surface area (Å²) < 4.78 is 32.8. The summed E-state index contributed by atoms with van der Waals surface area (Å²) in [6.07, 6.45) is 1.80. The van der Waals surface area contributed by atoms with Crippen molar-refractivity contribution < 1.29 is 27.5 Å². The third-order valence-electron chi connectivity index (χ3n) is 5.14. The highest BCUT2D eigenvalue weighted by Crippen LogP contribution is 2.30. The molecule has 2 amide bonds. The van der Waals surface area contributed by atoms with Gasteiger partial charge in [0.2, 0.25) is 5.91 Å². The lowest BCUT2D eigenvalue weighted by Crippen LogP contribution is -2.37. The summed E-state index contributed by atoms with van der Waals surface area (Å²) in [4.78, 5) is 37.2. The van der Waals surface area contributed by atoms with Crippen LogP contribution in [0.15, 0.2) is 65.7 Å². The molecule has 0 aliphatic carbocycles. The highest BCUT2D eigenvalue weighted by atomic mass is 32.2. The normalized spacial score (nSPS) is 16.1. The number of sulfonamides is 1. The summed E-state index contributed by atoms with van der Waals surface area (Å²) in [6, 6.07) is 14.2. The molecule has 156 valence electrons. The van der Waals surface area contributed by atoms with E-state index in [-0.39, 0.29) is 28.3 Å². The molecule has 0 saturated carbocycles. The van der Waals surface area contributed by atoms with Gasteiger partial charge in [-0.05, 0) is 42.5 Å². The number of amides is 2. The Bertz CT molecular complexity index is 1380. The number of rotatable bonds is 3. The summed E-state index contributed by atoms with van der Waals surface area (Å²) in [5.74, 6) is -2.01. The molecule has 3 aromatic rings. The number of anilines is 1. The number of ether oxygens (including phenoxy) is 1. The molecule has 31 heavy (non-hydrogen) atoms. The molecule has 1 N–H and O–H groups in total. The number of cyclic esters (lactones) is 1. The van der Waals surface area contributed by atoms with Crippen LogP contribution in [0.1, 0.15) is 26.4 Å². The summed E-state index contributed by atoms with van der Waals surface area (Å²) in [6.45, 7) is -0.559. The summed E-state index contributed by atoms with van der Waals surface area (Å²) in [5.41, 5.74) is 1.97. The smallest absolute Gasteiger partial charge is 0.340 e. The molecule has 2 aliphatic heterocycles. The molecule has 0 radical (unpaired) electrons. The van der Waals surface area contributed by atoms with Crippen molar-refractivity contribution in [3.63, 3.8) is 0 Å². The number of hydrogen-bond donors (Lipinski definition) is 1. The van der Waals surface area contributed by atoms with E-state index in [1.165, 1.54) is 24.3 Å². The van der Waals surface area contributed by atoms with Gasteiger partial charge in [-0.1, -0.05) is 12.1 Å². The molecule has 0 spiro atoms. The van der Waals surface area contributed by atoms with Crippen LogP contribution >= 0.6 is 0 Å². The fourth-order valence-electron chi connectivity index (χ4n) is 3.69. The highest BCUT2D eigenvalue weighted by molar-refractivity contribution is 7.90. The van der Waals surface area contributed by atoms with Crippen LogP contribution in [0.3, 0.4) is 0 Å². The molecule has 10 heteroatoms. The van der Waals surface area contributed by atoms with Crippen LogP contribution in [0.4, 0.5) is 5.69 Å². The van der Waals surface area contributed by atoms with E-state index >= 15 is 0 Å². The molecular formula is C21H15N3O6S. The maximum atomic E-state index is 12.6. The SMILES string of the molecule is O=C(CN1C(=O)c2ccccc2S1(=O)=O)Nc1ccc2c(c1)C(=O)OCc1cccn1-2. The first-order chi connectivity index (χ1) is 14.9. The molecule has 0 atom stereocenters. The lowest BCUT2D eigenvalue weighted by atomic mass is 10.1. The molecule has 2 aromatic carbocycles. The van der Waals surface area contributed by atoms with Gasteiger partial charge in [0.15, 0.2) is 0 Å². The maximum Gasteiger partial charge on any atom is 0.340 e. The molecule has 1 aromatic heterocycles. The number of nitrogens with one attached hydrogen (secondary N) is 1. The van der Waals surface area contributed by atoms with Crippen LogP contribution in [0, 0.1) is 0 Å². The van der Waals surface area contributed by atoms with E-state index in [1.54, 1.807) is 24.4 Å². The van der Waals surface area contributed by atoms with Gasteiger partial charge in [-0.25, -0.2) is 17.5 Å². The fraction of sp³-hybridized carbons (Fsp3) is 0.0952. The van der Waals surface area contributed by atoms with Crippen LogP contribution < -0.4 is 5.32 Å². The second-order valence-electron chi connectivity index (χ2n) is 7.04. The van der Waals surface area contributed by atoms with Gasteiger partial charge in [-0.15, -0.1) is 0 Å². The van der Waals surface area contributed by atoms with Gasteiger partial charge in [-0.2, -0.15) is 0 Å².